The zero-order chi connectivity index (χ0) is 20.1. The van der Waals surface area contributed by atoms with E-state index < -0.39 is 0 Å². The van der Waals surface area contributed by atoms with Crippen molar-refractivity contribution in [1.82, 2.24) is 14.9 Å². The van der Waals surface area contributed by atoms with Gasteiger partial charge in [-0.05, 0) is 36.1 Å². The van der Waals surface area contributed by atoms with Crippen molar-refractivity contribution in [2.45, 2.75) is 19.4 Å². The van der Waals surface area contributed by atoms with Gasteiger partial charge in [-0.1, -0.05) is 36.4 Å². The van der Waals surface area contributed by atoms with Crippen molar-refractivity contribution in [1.29, 1.82) is 0 Å². The molecule has 2 aromatic heterocycles. The number of para-hydroxylation sites is 3. The number of nitrogens with one attached hydrogen (secondary N) is 1. The first kappa shape index (κ1) is 19.2. The molecule has 0 bridgehead atoms. The number of rotatable bonds is 8. The molecule has 0 aliphatic heterocycles. The number of aromatic nitrogens is 2. The first-order chi connectivity index (χ1) is 14.3. The van der Waals surface area contributed by atoms with Crippen LogP contribution >= 0.6 is 11.3 Å². The Morgan fingerprint density at radius 2 is 1.93 bits per heavy atom. The van der Waals surface area contributed by atoms with Crippen LogP contribution in [0, 0.1) is 0 Å². The SMILES string of the molecule is COc1ccccc1Cn1c(CCCNC(=O)c2cccs2)nc2ccccc21. The van der Waals surface area contributed by atoms with Gasteiger partial charge < -0.3 is 14.6 Å². The topological polar surface area (TPSA) is 56.1 Å². The zero-order valence-electron chi connectivity index (χ0n) is 16.3. The lowest BCUT2D eigenvalue weighted by Crippen LogP contribution is -2.24. The van der Waals surface area contributed by atoms with Crippen LogP contribution < -0.4 is 10.1 Å². The summed E-state index contributed by atoms with van der Waals surface area (Å²) in [6.45, 7) is 1.32. The molecule has 2 aromatic carbocycles. The monoisotopic (exact) mass is 405 g/mol. The van der Waals surface area contributed by atoms with E-state index >= 15 is 0 Å². The van der Waals surface area contributed by atoms with E-state index in [1.54, 1.807) is 7.11 Å². The molecule has 0 radical (unpaired) electrons. The molecule has 0 saturated carbocycles. The molecule has 148 valence electrons. The van der Waals surface area contributed by atoms with Crippen molar-refractivity contribution in [2.75, 3.05) is 13.7 Å². The average molecular weight is 406 g/mol. The van der Waals surface area contributed by atoms with E-state index in [4.69, 9.17) is 9.72 Å². The van der Waals surface area contributed by atoms with Crippen LogP contribution in [0.2, 0.25) is 0 Å². The van der Waals surface area contributed by atoms with Crippen LogP contribution in [0.5, 0.6) is 5.75 Å². The van der Waals surface area contributed by atoms with Gasteiger partial charge in [0.15, 0.2) is 0 Å². The molecular weight excluding hydrogens is 382 g/mol. The van der Waals surface area contributed by atoms with Crippen molar-refractivity contribution in [3.63, 3.8) is 0 Å². The molecule has 5 nitrogen and oxygen atoms in total. The van der Waals surface area contributed by atoms with Gasteiger partial charge in [0, 0.05) is 18.5 Å². The summed E-state index contributed by atoms with van der Waals surface area (Å²) in [7, 11) is 1.70. The van der Waals surface area contributed by atoms with Crippen LogP contribution in [0.15, 0.2) is 66.0 Å². The molecule has 0 unspecified atom stereocenters. The quantitative estimate of drug-likeness (QED) is 0.439. The number of amides is 1. The van der Waals surface area contributed by atoms with Gasteiger partial charge >= 0.3 is 0 Å². The van der Waals surface area contributed by atoms with E-state index in [-0.39, 0.29) is 5.91 Å². The number of imidazole rings is 1. The number of benzene rings is 2. The molecule has 0 spiro atoms. The molecule has 6 heteroatoms. The van der Waals surface area contributed by atoms with Crippen LogP contribution in [-0.2, 0) is 13.0 Å². The van der Waals surface area contributed by atoms with E-state index in [0.717, 1.165) is 45.9 Å². The predicted octanol–water partition coefficient (Wildman–Crippen LogP) is 4.52. The maximum absolute atomic E-state index is 12.1. The van der Waals surface area contributed by atoms with Crippen molar-refractivity contribution in [3.8, 4) is 5.75 Å². The van der Waals surface area contributed by atoms with Gasteiger partial charge in [0.2, 0.25) is 0 Å². The first-order valence-electron chi connectivity index (χ1n) is 9.64. The fraction of sp³-hybridized carbons (Fsp3) is 0.217. The molecule has 0 aliphatic carbocycles. The Hall–Kier alpha value is -3.12. The number of carbonyl (C=O) groups excluding carboxylic acids is 1. The maximum Gasteiger partial charge on any atom is 0.261 e. The number of carbonyl (C=O) groups is 1. The van der Waals surface area contributed by atoms with Crippen LogP contribution in [-0.4, -0.2) is 29.1 Å². The summed E-state index contributed by atoms with van der Waals surface area (Å²) in [5, 5.41) is 4.90. The third kappa shape index (κ3) is 4.32. The lowest BCUT2D eigenvalue weighted by atomic mass is 10.2. The number of thiophene rings is 1. The van der Waals surface area contributed by atoms with E-state index in [1.165, 1.54) is 11.3 Å². The van der Waals surface area contributed by atoms with Crippen LogP contribution in [0.4, 0.5) is 0 Å². The summed E-state index contributed by atoms with van der Waals surface area (Å²) in [5.41, 5.74) is 3.21. The van der Waals surface area contributed by atoms with E-state index in [9.17, 15) is 4.79 Å². The molecule has 0 atom stereocenters. The minimum absolute atomic E-state index is 0.0116. The third-order valence-electron chi connectivity index (χ3n) is 4.86. The largest absolute Gasteiger partial charge is 0.496 e. The Morgan fingerprint density at radius 3 is 2.76 bits per heavy atom. The Bertz CT molecular complexity index is 1100. The predicted molar refractivity (Wildman–Crippen MR) is 117 cm³/mol. The second-order valence-corrected chi connectivity index (χ2v) is 7.70. The summed E-state index contributed by atoms with van der Waals surface area (Å²) < 4.78 is 7.77. The number of aryl methyl sites for hydroxylation is 1. The summed E-state index contributed by atoms with van der Waals surface area (Å²) in [6.07, 6.45) is 1.61. The van der Waals surface area contributed by atoms with Gasteiger partial charge in [0.05, 0.1) is 29.6 Å². The fourth-order valence-electron chi connectivity index (χ4n) is 3.44. The molecule has 1 amide bonds. The Balaban J connectivity index is 1.50. The minimum atomic E-state index is -0.0116. The Morgan fingerprint density at radius 1 is 1.10 bits per heavy atom. The molecule has 1 N–H and O–H groups in total. The van der Waals surface area contributed by atoms with Gasteiger partial charge in [0.1, 0.15) is 11.6 Å². The van der Waals surface area contributed by atoms with E-state index in [2.05, 4.69) is 22.0 Å². The molecular formula is C23H23N3O2S. The highest BCUT2D eigenvalue weighted by molar-refractivity contribution is 7.12. The number of methoxy groups -OCH3 is 1. The summed E-state index contributed by atoms with van der Waals surface area (Å²) >= 11 is 1.46. The molecule has 2 heterocycles. The number of nitrogens with zero attached hydrogens (tertiary/aromatic N) is 2. The second kappa shape index (κ2) is 8.92. The number of fused-ring (bicyclic) bond motifs is 1. The molecule has 4 aromatic rings. The average Bonchev–Trinajstić information content (AvgIpc) is 3.40. The highest BCUT2D eigenvalue weighted by Gasteiger charge is 2.13. The second-order valence-electron chi connectivity index (χ2n) is 6.75. The lowest BCUT2D eigenvalue weighted by molar-refractivity contribution is 0.0957. The van der Waals surface area contributed by atoms with Gasteiger partial charge in [-0.25, -0.2) is 4.98 Å². The Labute approximate surface area is 174 Å². The lowest BCUT2D eigenvalue weighted by Gasteiger charge is -2.12. The minimum Gasteiger partial charge on any atom is -0.496 e. The van der Waals surface area contributed by atoms with Crippen LogP contribution in [0.25, 0.3) is 11.0 Å². The number of hydrogen-bond acceptors (Lipinski definition) is 4. The first-order valence-corrected chi connectivity index (χ1v) is 10.5. The Kier molecular flexibility index (Phi) is 5.91. The highest BCUT2D eigenvalue weighted by atomic mass is 32.1. The third-order valence-corrected chi connectivity index (χ3v) is 5.73. The summed E-state index contributed by atoms with van der Waals surface area (Å²) in [5.74, 6) is 1.88. The van der Waals surface area contributed by atoms with Gasteiger partial charge in [0.25, 0.3) is 5.91 Å². The van der Waals surface area contributed by atoms with E-state index in [1.807, 2.05) is 53.9 Å². The molecule has 0 fully saturated rings. The summed E-state index contributed by atoms with van der Waals surface area (Å²) in [4.78, 5) is 17.7. The molecule has 29 heavy (non-hydrogen) atoms. The van der Waals surface area contributed by atoms with Crippen molar-refractivity contribution >= 4 is 28.3 Å². The smallest absolute Gasteiger partial charge is 0.261 e. The fourth-order valence-corrected chi connectivity index (χ4v) is 4.08. The van der Waals surface area contributed by atoms with Crippen molar-refractivity contribution in [3.05, 3.63) is 82.3 Å². The molecule has 0 aliphatic rings. The standard InChI is InChI=1S/C23H23N3O2S/c1-28-20-11-5-2-8-17(20)16-26-19-10-4-3-9-18(19)25-22(26)13-6-14-24-23(27)21-12-7-15-29-21/h2-5,7-12,15H,6,13-14,16H2,1H3,(H,24,27). The normalized spacial score (nSPS) is 10.9. The van der Waals surface area contributed by atoms with Gasteiger partial charge in [-0.15, -0.1) is 11.3 Å². The van der Waals surface area contributed by atoms with Crippen molar-refractivity contribution < 1.29 is 9.53 Å². The molecule has 0 saturated heterocycles. The van der Waals surface area contributed by atoms with Crippen LogP contribution in [0.3, 0.4) is 0 Å². The van der Waals surface area contributed by atoms with Gasteiger partial charge in [-0.2, -0.15) is 0 Å². The van der Waals surface area contributed by atoms with Crippen LogP contribution in [0.1, 0.15) is 27.5 Å². The number of hydrogen-bond donors (Lipinski definition) is 1. The van der Waals surface area contributed by atoms with E-state index in [0.29, 0.717) is 13.1 Å². The highest BCUT2D eigenvalue weighted by Crippen LogP contribution is 2.23. The zero-order valence-corrected chi connectivity index (χ0v) is 17.1. The maximum atomic E-state index is 12.1. The van der Waals surface area contributed by atoms with Crippen molar-refractivity contribution in [2.24, 2.45) is 0 Å². The molecule has 4 rings (SSSR count). The summed E-state index contributed by atoms with van der Waals surface area (Å²) in [6, 6.07) is 20.0. The van der Waals surface area contributed by atoms with Gasteiger partial charge in [-0.3, -0.25) is 4.79 Å². The number of ether oxygens (including phenoxy) is 1.